The van der Waals surface area contributed by atoms with Crippen LogP contribution in [0.1, 0.15) is 25.7 Å². The highest BCUT2D eigenvalue weighted by molar-refractivity contribution is 5.59. The van der Waals surface area contributed by atoms with Crippen LogP contribution in [-0.4, -0.2) is 89.6 Å². The van der Waals surface area contributed by atoms with Crippen LogP contribution >= 0.6 is 0 Å². The Hall–Kier alpha value is -0.970. The number of aliphatic hydroxyl groups is 6. The molecule has 6 N–H and O–H groups in total. The molecule has 0 aliphatic carbocycles. The van der Waals surface area contributed by atoms with Gasteiger partial charge in [0, 0.05) is 10.8 Å². The Morgan fingerprint density at radius 3 is 1.17 bits per heavy atom. The first-order valence-corrected chi connectivity index (χ1v) is 7.92. The third kappa shape index (κ3) is 7.73. The predicted molar refractivity (Wildman–Crippen MR) is 83.1 cm³/mol. The molecule has 0 saturated heterocycles. The molecule has 0 spiro atoms. The number of hydrogen-bond donors (Lipinski definition) is 6. The van der Waals surface area contributed by atoms with Gasteiger partial charge in [-0.1, -0.05) is 0 Å². The molecule has 0 aromatic heterocycles. The van der Waals surface area contributed by atoms with Crippen molar-refractivity contribution in [2.75, 3.05) is 52.9 Å². The molecule has 0 fully saturated rings. The fourth-order valence-corrected chi connectivity index (χ4v) is 2.02. The van der Waals surface area contributed by atoms with E-state index in [0.29, 0.717) is 12.8 Å². The Morgan fingerprint density at radius 1 is 0.625 bits per heavy atom. The molecule has 9 heteroatoms. The molecular formula is C15H30O9. The maximum Gasteiger partial charge on any atom is 0.508 e. The van der Waals surface area contributed by atoms with E-state index in [1.54, 1.807) is 0 Å². The van der Waals surface area contributed by atoms with Crippen LogP contribution in [0.5, 0.6) is 0 Å². The number of aliphatic hydroxyl groups excluding tert-OH is 6. The van der Waals surface area contributed by atoms with Crippen LogP contribution in [0.15, 0.2) is 0 Å². The van der Waals surface area contributed by atoms with Gasteiger partial charge in [0.2, 0.25) is 0 Å². The second-order valence-electron chi connectivity index (χ2n) is 6.10. The van der Waals surface area contributed by atoms with Gasteiger partial charge in [-0.05, 0) is 25.7 Å². The molecule has 0 radical (unpaired) electrons. The van der Waals surface area contributed by atoms with Crippen molar-refractivity contribution in [3.63, 3.8) is 0 Å². The molecule has 0 aromatic rings. The van der Waals surface area contributed by atoms with Crippen molar-refractivity contribution in [1.29, 1.82) is 0 Å². The summed E-state index contributed by atoms with van der Waals surface area (Å²) in [6, 6.07) is 0. The number of hydrogen-bond acceptors (Lipinski definition) is 9. The molecule has 0 aromatic carbocycles. The zero-order valence-corrected chi connectivity index (χ0v) is 13.9. The van der Waals surface area contributed by atoms with Crippen LogP contribution in [0.2, 0.25) is 0 Å². The largest absolute Gasteiger partial charge is 0.508 e. The van der Waals surface area contributed by atoms with Crippen LogP contribution in [0.4, 0.5) is 4.79 Å². The Labute approximate surface area is 141 Å². The summed E-state index contributed by atoms with van der Waals surface area (Å²) in [5.41, 5.74) is -1.98. The fourth-order valence-electron chi connectivity index (χ4n) is 2.02. The van der Waals surface area contributed by atoms with E-state index in [1.807, 2.05) is 0 Å². The molecule has 0 heterocycles. The lowest BCUT2D eigenvalue weighted by Crippen LogP contribution is -2.34. The van der Waals surface area contributed by atoms with Crippen LogP contribution < -0.4 is 0 Å². The van der Waals surface area contributed by atoms with Crippen LogP contribution in [-0.2, 0) is 9.47 Å². The second kappa shape index (κ2) is 12.4. The Kier molecular flexibility index (Phi) is 11.9. The van der Waals surface area contributed by atoms with Crippen molar-refractivity contribution in [1.82, 2.24) is 0 Å². The maximum absolute atomic E-state index is 11.4. The monoisotopic (exact) mass is 354 g/mol. The zero-order valence-electron chi connectivity index (χ0n) is 13.9. The first-order valence-electron chi connectivity index (χ1n) is 7.92. The summed E-state index contributed by atoms with van der Waals surface area (Å²) < 4.78 is 9.66. The van der Waals surface area contributed by atoms with Gasteiger partial charge in [-0.3, -0.25) is 0 Å². The maximum atomic E-state index is 11.4. The molecule has 0 rings (SSSR count). The lowest BCUT2D eigenvalue weighted by molar-refractivity contribution is -0.0115. The van der Waals surface area contributed by atoms with Gasteiger partial charge in [0.15, 0.2) is 0 Å². The van der Waals surface area contributed by atoms with Crippen LogP contribution in [0, 0.1) is 10.8 Å². The van der Waals surface area contributed by atoms with E-state index in [9.17, 15) is 4.79 Å². The minimum atomic E-state index is -0.991. The van der Waals surface area contributed by atoms with Crippen molar-refractivity contribution in [3.05, 3.63) is 0 Å². The fraction of sp³-hybridized carbons (Fsp3) is 0.933. The van der Waals surface area contributed by atoms with Gasteiger partial charge in [0.25, 0.3) is 0 Å². The summed E-state index contributed by atoms with van der Waals surface area (Å²) in [6.07, 6.45) is 0.393. The van der Waals surface area contributed by atoms with Gasteiger partial charge < -0.3 is 40.1 Å². The summed E-state index contributed by atoms with van der Waals surface area (Å²) in [5, 5.41) is 54.9. The van der Waals surface area contributed by atoms with E-state index in [4.69, 9.17) is 40.1 Å². The highest BCUT2D eigenvalue weighted by Crippen LogP contribution is 2.22. The van der Waals surface area contributed by atoms with Gasteiger partial charge in [0.1, 0.15) is 0 Å². The van der Waals surface area contributed by atoms with E-state index >= 15 is 0 Å². The highest BCUT2D eigenvalue weighted by atomic mass is 16.7. The van der Waals surface area contributed by atoms with E-state index in [1.165, 1.54) is 0 Å². The standard InChI is InChI=1S/C15H30O9/c16-7-14(8-17,9-18)3-1-5-23-13(22)24-6-2-4-15(10-19,11-20)12-21/h16-21H,1-12H2. The average molecular weight is 354 g/mol. The minimum Gasteiger partial charge on any atom is -0.434 e. The summed E-state index contributed by atoms with van der Waals surface area (Å²) in [5.74, 6) is 0. The van der Waals surface area contributed by atoms with Gasteiger partial charge in [-0.2, -0.15) is 0 Å². The highest BCUT2D eigenvalue weighted by Gasteiger charge is 2.28. The molecule has 0 amide bonds. The first-order chi connectivity index (χ1) is 11.5. The summed E-state index contributed by atoms with van der Waals surface area (Å²) in [7, 11) is 0. The minimum absolute atomic E-state index is 0.0223. The zero-order chi connectivity index (χ0) is 18.5. The molecule has 144 valence electrons. The molecule has 0 atom stereocenters. The van der Waals surface area contributed by atoms with Crippen molar-refractivity contribution < 1.29 is 44.9 Å². The summed E-state index contributed by atoms with van der Waals surface area (Å²) in [4.78, 5) is 11.4. The second-order valence-corrected chi connectivity index (χ2v) is 6.10. The molecule has 0 aliphatic rings. The van der Waals surface area contributed by atoms with Crippen molar-refractivity contribution in [2.24, 2.45) is 10.8 Å². The van der Waals surface area contributed by atoms with Gasteiger partial charge in [-0.25, -0.2) is 4.79 Å². The molecule has 0 bridgehead atoms. The number of carbonyl (C=O) groups excluding carboxylic acids is 1. The van der Waals surface area contributed by atoms with E-state index in [2.05, 4.69) is 0 Å². The average Bonchev–Trinajstić information content (AvgIpc) is 2.63. The SMILES string of the molecule is O=C(OCCCC(CO)(CO)CO)OCCCC(CO)(CO)CO. The van der Waals surface area contributed by atoms with Gasteiger partial charge in [0.05, 0.1) is 52.9 Å². The third-order valence-electron chi connectivity index (χ3n) is 4.16. The Bertz CT molecular complexity index is 280. The van der Waals surface area contributed by atoms with Crippen molar-refractivity contribution >= 4 is 6.16 Å². The molecule has 0 saturated carbocycles. The van der Waals surface area contributed by atoms with Crippen molar-refractivity contribution in [2.45, 2.75) is 25.7 Å². The van der Waals surface area contributed by atoms with Crippen molar-refractivity contribution in [3.8, 4) is 0 Å². The predicted octanol–water partition coefficient (Wildman–Crippen LogP) is -1.37. The van der Waals surface area contributed by atoms with Crippen LogP contribution in [0.3, 0.4) is 0 Å². The summed E-state index contributed by atoms with van der Waals surface area (Å²) >= 11 is 0. The van der Waals surface area contributed by atoms with Gasteiger partial charge in [-0.15, -0.1) is 0 Å². The van der Waals surface area contributed by atoms with E-state index in [-0.39, 0.29) is 65.7 Å². The lowest BCUT2D eigenvalue weighted by Gasteiger charge is -2.27. The van der Waals surface area contributed by atoms with Gasteiger partial charge >= 0.3 is 6.16 Å². The first kappa shape index (κ1) is 23.0. The molecule has 0 aliphatic heterocycles. The molecule has 9 nitrogen and oxygen atoms in total. The normalized spacial score (nSPS) is 12.2. The summed E-state index contributed by atoms with van der Waals surface area (Å²) in [6.45, 7) is -2.17. The molecule has 24 heavy (non-hydrogen) atoms. The smallest absolute Gasteiger partial charge is 0.434 e. The van der Waals surface area contributed by atoms with E-state index in [0.717, 1.165) is 0 Å². The topological polar surface area (TPSA) is 157 Å². The number of rotatable bonds is 14. The molecule has 0 unspecified atom stereocenters. The molecular weight excluding hydrogens is 324 g/mol. The lowest BCUT2D eigenvalue weighted by atomic mass is 9.86. The number of ether oxygens (including phenoxy) is 2. The quantitative estimate of drug-likeness (QED) is 0.163. The number of carbonyl (C=O) groups is 1. The van der Waals surface area contributed by atoms with Crippen LogP contribution in [0.25, 0.3) is 0 Å². The Morgan fingerprint density at radius 2 is 0.917 bits per heavy atom. The van der Waals surface area contributed by atoms with E-state index < -0.39 is 17.0 Å². The third-order valence-corrected chi connectivity index (χ3v) is 4.16. The Balaban J connectivity index is 3.88.